The summed E-state index contributed by atoms with van der Waals surface area (Å²) in [5, 5.41) is 11.4. The molecule has 1 N–H and O–H groups in total. The lowest BCUT2D eigenvalue weighted by atomic mass is 9.93. The first-order valence-corrected chi connectivity index (χ1v) is 11.6. The largest absolute Gasteiger partial charge is 0.507 e. The Hall–Kier alpha value is -4.06. The lowest BCUT2D eigenvalue weighted by molar-refractivity contribution is -0.132. The summed E-state index contributed by atoms with van der Waals surface area (Å²) in [6.07, 6.45) is 0. The Labute approximate surface area is 205 Å². The van der Waals surface area contributed by atoms with Crippen LogP contribution >= 0.6 is 0 Å². The van der Waals surface area contributed by atoms with Crippen LogP contribution in [0.4, 0.5) is 5.69 Å². The Kier molecular flexibility index (Phi) is 6.92. The minimum absolute atomic E-state index is 0.0443. The number of Topliss-reactive ketones (excluding diaryl/α,β-unsaturated/α-hetero) is 1. The maximum atomic E-state index is 13.3. The Morgan fingerprint density at radius 3 is 2.29 bits per heavy atom. The van der Waals surface area contributed by atoms with Crippen molar-refractivity contribution in [2.24, 2.45) is 0 Å². The van der Waals surface area contributed by atoms with Crippen LogP contribution in [0.3, 0.4) is 0 Å². The second-order valence-electron chi connectivity index (χ2n) is 8.62. The van der Waals surface area contributed by atoms with Crippen molar-refractivity contribution in [2.45, 2.75) is 32.7 Å². The first-order chi connectivity index (χ1) is 16.9. The summed E-state index contributed by atoms with van der Waals surface area (Å²) in [6.45, 7) is 6.47. The van der Waals surface area contributed by atoms with Crippen LogP contribution in [-0.2, 0) is 9.59 Å². The number of hydrogen-bond donors (Lipinski definition) is 1. The molecule has 0 bridgehead atoms. The number of ketones is 1. The SMILES string of the molecule is CCOc1ccc(C2/C(=C(/O)c3ccc(OC)c(C(C)C)c3)C(=O)C(=O)N2c2ccccc2)cc1. The van der Waals surface area contributed by atoms with E-state index in [0.717, 1.165) is 5.56 Å². The molecule has 1 heterocycles. The summed E-state index contributed by atoms with van der Waals surface area (Å²) in [5.74, 6) is -0.119. The molecule has 1 fully saturated rings. The number of anilines is 1. The van der Waals surface area contributed by atoms with Gasteiger partial charge in [-0.3, -0.25) is 14.5 Å². The van der Waals surface area contributed by atoms with Crippen LogP contribution in [0.15, 0.2) is 78.4 Å². The maximum Gasteiger partial charge on any atom is 0.300 e. The molecule has 6 nitrogen and oxygen atoms in total. The number of amides is 1. The molecule has 1 amide bonds. The monoisotopic (exact) mass is 471 g/mol. The summed E-state index contributed by atoms with van der Waals surface area (Å²) < 4.78 is 11.0. The van der Waals surface area contributed by atoms with Crippen molar-refractivity contribution in [3.05, 3.63) is 95.1 Å². The first-order valence-electron chi connectivity index (χ1n) is 11.6. The van der Waals surface area contributed by atoms with Crippen LogP contribution < -0.4 is 14.4 Å². The smallest absolute Gasteiger partial charge is 0.300 e. The van der Waals surface area contributed by atoms with Crippen LogP contribution in [0.25, 0.3) is 5.76 Å². The van der Waals surface area contributed by atoms with E-state index in [-0.39, 0.29) is 17.3 Å². The van der Waals surface area contributed by atoms with Crippen molar-refractivity contribution < 1.29 is 24.2 Å². The third kappa shape index (κ3) is 4.52. The molecule has 4 rings (SSSR count). The molecule has 0 aromatic heterocycles. The highest BCUT2D eigenvalue weighted by Crippen LogP contribution is 2.43. The fourth-order valence-corrected chi connectivity index (χ4v) is 4.40. The van der Waals surface area contributed by atoms with Gasteiger partial charge < -0.3 is 14.6 Å². The topological polar surface area (TPSA) is 76.1 Å². The average Bonchev–Trinajstić information content (AvgIpc) is 3.14. The second kappa shape index (κ2) is 10.1. The minimum atomic E-state index is -0.794. The van der Waals surface area contributed by atoms with Crippen LogP contribution in [0.1, 0.15) is 49.4 Å². The lowest BCUT2D eigenvalue weighted by Crippen LogP contribution is -2.29. The first kappa shape index (κ1) is 24.1. The van der Waals surface area contributed by atoms with Gasteiger partial charge in [0.1, 0.15) is 17.3 Å². The molecule has 1 unspecified atom stereocenters. The van der Waals surface area contributed by atoms with Gasteiger partial charge in [0.2, 0.25) is 0 Å². The summed E-state index contributed by atoms with van der Waals surface area (Å²) in [4.78, 5) is 28.0. The number of carbonyl (C=O) groups excluding carboxylic acids is 2. The Morgan fingerprint density at radius 1 is 1.00 bits per heavy atom. The number of methoxy groups -OCH3 is 1. The molecule has 1 atom stereocenters. The fourth-order valence-electron chi connectivity index (χ4n) is 4.40. The van der Waals surface area contributed by atoms with E-state index in [0.29, 0.717) is 34.9 Å². The van der Waals surface area contributed by atoms with Gasteiger partial charge in [-0.2, -0.15) is 0 Å². The number of aliphatic hydroxyl groups excluding tert-OH is 1. The molecule has 180 valence electrons. The lowest BCUT2D eigenvalue weighted by Gasteiger charge is -2.25. The van der Waals surface area contributed by atoms with Gasteiger partial charge >= 0.3 is 0 Å². The number of hydrogen-bond acceptors (Lipinski definition) is 5. The summed E-state index contributed by atoms with van der Waals surface area (Å²) in [5.41, 5.74) is 2.66. The van der Waals surface area contributed by atoms with Crippen molar-refractivity contribution in [2.75, 3.05) is 18.6 Å². The molecule has 1 aliphatic rings. The number of nitrogens with zero attached hydrogens (tertiary/aromatic N) is 1. The van der Waals surface area contributed by atoms with E-state index >= 15 is 0 Å². The highest BCUT2D eigenvalue weighted by atomic mass is 16.5. The summed E-state index contributed by atoms with van der Waals surface area (Å²) >= 11 is 0. The van der Waals surface area contributed by atoms with E-state index in [2.05, 4.69) is 0 Å². The van der Waals surface area contributed by atoms with Gasteiger partial charge in [0.15, 0.2) is 0 Å². The number of carbonyl (C=O) groups is 2. The predicted octanol–water partition coefficient (Wildman–Crippen LogP) is 5.84. The van der Waals surface area contributed by atoms with Gasteiger partial charge in [-0.15, -0.1) is 0 Å². The standard InChI is InChI=1S/C29H29NO5/c1-5-35-22-14-11-19(12-15-22)26-25(28(32)29(33)30(26)21-9-7-6-8-10-21)27(31)20-13-16-24(34-4)23(17-20)18(2)3/h6-18,26,31H,5H2,1-4H3/b27-25-. The zero-order valence-corrected chi connectivity index (χ0v) is 20.3. The Morgan fingerprint density at radius 2 is 1.69 bits per heavy atom. The minimum Gasteiger partial charge on any atom is -0.507 e. The molecule has 0 aliphatic carbocycles. The van der Waals surface area contributed by atoms with Crippen LogP contribution in [0, 0.1) is 0 Å². The normalized spacial score (nSPS) is 17.2. The van der Waals surface area contributed by atoms with E-state index in [1.54, 1.807) is 43.5 Å². The molecule has 6 heteroatoms. The molecule has 1 aliphatic heterocycles. The van der Waals surface area contributed by atoms with Gasteiger partial charge in [0, 0.05) is 11.3 Å². The predicted molar refractivity (Wildman–Crippen MR) is 136 cm³/mol. The molecule has 3 aromatic carbocycles. The van der Waals surface area contributed by atoms with Crippen molar-refractivity contribution in [1.82, 2.24) is 0 Å². The summed E-state index contributed by atoms with van der Waals surface area (Å²) in [6, 6.07) is 20.7. The van der Waals surface area contributed by atoms with Crippen molar-refractivity contribution in [3.63, 3.8) is 0 Å². The zero-order chi connectivity index (χ0) is 25.1. The highest BCUT2D eigenvalue weighted by Gasteiger charge is 2.47. The number of rotatable bonds is 7. The molecule has 0 spiro atoms. The van der Waals surface area contributed by atoms with Gasteiger partial charge in [0.25, 0.3) is 11.7 Å². The number of ether oxygens (including phenoxy) is 2. The molecular weight excluding hydrogens is 442 g/mol. The van der Waals surface area contributed by atoms with E-state index in [4.69, 9.17) is 9.47 Å². The van der Waals surface area contributed by atoms with Crippen molar-refractivity contribution in [1.29, 1.82) is 0 Å². The Balaban J connectivity index is 1.91. The molecule has 0 radical (unpaired) electrons. The summed E-state index contributed by atoms with van der Waals surface area (Å²) in [7, 11) is 1.60. The molecule has 1 saturated heterocycles. The van der Waals surface area contributed by atoms with E-state index in [1.165, 1.54) is 4.90 Å². The van der Waals surface area contributed by atoms with Crippen LogP contribution in [0.2, 0.25) is 0 Å². The molecular formula is C29H29NO5. The Bertz CT molecular complexity index is 1260. The van der Waals surface area contributed by atoms with E-state index < -0.39 is 17.7 Å². The van der Waals surface area contributed by atoms with E-state index in [9.17, 15) is 14.7 Å². The molecule has 3 aromatic rings. The maximum absolute atomic E-state index is 13.3. The van der Waals surface area contributed by atoms with Gasteiger partial charge in [-0.25, -0.2) is 0 Å². The highest BCUT2D eigenvalue weighted by molar-refractivity contribution is 6.51. The number of benzene rings is 3. The van der Waals surface area contributed by atoms with Gasteiger partial charge in [0.05, 0.1) is 25.3 Å². The van der Waals surface area contributed by atoms with Gasteiger partial charge in [-0.1, -0.05) is 44.2 Å². The second-order valence-corrected chi connectivity index (χ2v) is 8.62. The zero-order valence-electron chi connectivity index (χ0n) is 20.3. The van der Waals surface area contributed by atoms with Crippen LogP contribution in [-0.4, -0.2) is 30.5 Å². The van der Waals surface area contributed by atoms with Crippen molar-refractivity contribution in [3.8, 4) is 11.5 Å². The van der Waals surface area contributed by atoms with Crippen LogP contribution in [0.5, 0.6) is 11.5 Å². The van der Waals surface area contributed by atoms with Crippen molar-refractivity contribution >= 4 is 23.1 Å². The van der Waals surface area contributed by atoms with Gasteiger partial charge in [-0.05, 0) is 66.4 Å². The average molecular weight is 472 g/mol. The fraction of sp³-hybridized carbons (Fsp3) is 0.241. The van der Waals surface area contributed by atoms with E-state index in [1.807, 2.05) is 57.2 Å². The molecule has 0 saturated carbocycles. The quantitative estimate of drug-likeness (QED) is 0.266. The number of para-hydroxylation sites is 1. The third-order valence-corrected chi connectivity index (χ3v) is 6.11. The number of aliphatic hydroxyl groups is 1. The molecule has 35 heavy (non-hydrogen) atoms. The third-order valence-electron chi connectivity index (χ3n) is 6.11.